The van der Waals surface area contributed by atoms with Crippen LogP contribution in [0.3, 0.4) is 0 Å². The number of para-hydroxylation sites is 1. The van der Waals surface area contributed by atoms with E-state index in [-0.39, 0.29) is 35.8 Å². The van der Waals surface area contributed by atoms with Gasteiger partial charge in [0.1, 0.15) is 17.9 Å². The normalized spacial score (nSPS) is 29.0. The molecule has 1 aliphatic heterocycles. The predicted octanol–water partition coefficient (Wildman–Crippen LogP) is 3.13. The lowest BCUT2D eigenvalue weighted by Crippen LogP contribution is -2.82. The summed E-state index contributed by atoms with van der Waals surface area (Å²) in [5.74, 6) is 0.680. The van der Waals surface area contributed by atoms with E-state index >= 15 is 0 Å². The highest BCUT2D eigenvalue weighted by Gasteiger charge is 2.70. The number of nitrogens with zero attached hydrogens (tertiary/aromatic N) is 1. The van der Waals surface area contributed by atoms with E-state index in [0.717, 1.165) is 19.4 Å². The fourth-order valence-electron chi connectivity index (χ4n) is 4.28. The fourth-order valence-corrected chi connectivity index (χ4v) is 4.47. The van der Waals surface area contributed by atoms with Gasteiger partial charge >= 0.3 is 0 Å². The Hall–Kier alpha value is -1.01. The number of carbonyl (C=O) groups is 1. The number of carbonyl (C=O) groups excluding carboxylic acids is 1. The summed E-state index contributed by atoms with van der Waals surface area (Å²) in [6.45, 7) is 5.65. The molecular formula is C19H28Cl2N2O3. The van der Waals surface area contributed by atoms with E-state index in [2.05, 4.69) is 0 Å². The summed E-state index contributed by atoms with van der Waals surface area (Å²) in [6, 6.07) is 7.31. The summed E-state index contributed by atoms with van der Waals surface area (Å²) >= 11 is 6.08. The first-order valence-electron chi connectivity index (χ1n) is 8.83. The van der Waals surface area contributed by atoms with E-state index in [1.165, 1.54) is 0 Å². The molecule has 0 spiro atoms. The number of fused-ring (bicyclic) bond motifs is 1. The molecule has 1 aromatic rings. The number of amides is 1. The number of rotatable bonds is 5. The van der Waals surface area contributed by atoms with Crippen LogP contribution in [0.4, 0.5) is 0 Å². The fraction of sp³-hybridized carbons (Fsp3) is 0.632. The van der Waals surface area contributed by atoms with Gasteiger partial charge < -0.3 is 20.1 Å². The van der Waals surface area contributed by atoms with Gasteiger partial charge in [-0.05, 0) is 25.0 Å². The van der Waals surface area contributed by atoms with Gasteiger partial charge in [-0.1, -0.05) is 37.6 Å². The lowest BCUT2D eigenvalue weighted by Gasteiger charge is -2.65. The smallest absolute Gasteiger partial charge is 0.243 e. The first kappa shape index (κ1) is 21.3. The van der Waals surface area contributed by atoms with Gasteiger partial charge in [-0.3, -0.25) is 4.79 Å². The quantitative estimate of drug-likeness (QED) is 0.821. The van der Waals surface area contributed by atoms with Crippen molar-refractivity contribution in [2.45, 2.75) is 38.3 Å². The van der Waals surface area contributed by atoms with Gasteiger partial charge in [-0.25, -0.2) is 0 Å². The molecule has 1 amide bonds. The molecule has 1 aromatic carbocycles. The summed E-state index contributed by atoms with van der Waals surface area (Å²) < 4.78 is 11.6. The number of likely N-dealkylation sites (N-methyl/N-ethyl adjacent to an activating group) is 1. The molecule has 1 saturated carbocycles. The molecule has 3 unspecified atom stereocenters. The number of ether oxygens (including phenoxy) is 2. The lowest BCUT2D eigenvalue weighted by molar-refractivity contribution is -0.229. The van der Waals surface area contributed by atoms with E-state index in [9.17, 15) is 4.79 Å². The summed E-state index contributed by atoms with van der Waals surface area (Å²) in [5.41, 5.74) is 5.41. The van der Waals surface area contributed by atoms with Crippen LogP contribution in [-0.4, -0.2) is 49.3 Å². The highest BCUT2D eigenvalue weighted by molar-refractivity contribution is 6.32. The van der Waals surface area contributed by atoms with Gasteiger partial charge in [-0.2, -0.15) is 0 Å². The molecule has 2 fully saturated rings. The number of benzene rings is 1. The molecule has 0 radical (unpaired) electrons. The Kier molecular flexibility index (Phi) is 6.49. The highest BCUT2D eigenvalue weighted by atomic mass is 35.5. The average molecular weight is 403 g/mol. The molecule has 7 heteroatoms. The zero-order chi connectivity index (χ0) is 18.2. The second-order valence-electron chi connectivity index (χ2n) is 7.64. The Morgan fingerprint density at radius 2 is 2.12 bits per heavy atom. The van der Waals surface area contributed by atoms with Crippen molar-refractivity contribution in [2.24, 2.45) is 17.1 Å². The van der Waals surface area contributed by atoms with Crippen LogP contribution in [0.1, 0.15) is 26.7 Å². The van der Waals surface area contributed by atoms with Crippen LogP contribution in [-0.2, 0) is 9.53 Å². The Labute approximate surface area is 166 Å². The molecule has 0 bridgehead atoms. The molecule has 3 atom stereocenters. The van der Waals surface area contributed by atoms with Crippen LogP contribution >= 0.6 is 24.0 Å². The molecule has 5 nitrogen and oxygen atoms in total. The van der Waals surface area contributed by atoms with E-state index in [4.69, 9.17) is 26.8 Å². The van der Waals surface area contributed by atoms with Gasteiger partial charge in [0.25, 0.3) is 0 Å². The maximum absolute atomic E-state index is 13.1. The molecule has 0 aromatic heterocycles. The summed E-state index contributed by atoms with van der Waals surface area (Å²) in [6.07, 6.45) is 1.98. The van der Waals surface area contributed by atoms with E-state index < -0.39 is 5.54 Å². The molecule has 26 heavy (non-hydrogen) atoms. The topological polar surface area (TPSA) is 64.8 Å². The zero-order valence-corrected chi connectivity index (χ0v) is 17.1. The zero-order valence-electron chi connectivity index (χ0n) is 15.5. The minimum absolute atomic E-state index is 0. The van der Waals surface area contributed by atoms with E-state index in [1.54, 1.807) is 18.0 Å². The highest BCUT2D eigenvalue weighted by Crippen LogP contribution is 2.57. The molecular weight excluding hydrogens is 375 g/mol. The predicted molar refractivity (Wildman–Crippen MR) is 105 cm³/mol. The van der Waals surface area contributed by atoms with Crippen LogP contribution in [0.25, 0.3) is 0 Å². The van der Waals surface area contributed by atoms with Gasteiger partial charge in [0, 0.05) is 25.0 Å². The van der Waals surface area contributed by atoms with Gasteiger partial charge in [-0.15, -0.1) is 12.4 Å². The molecule has 1 aliphatic carbocycles. The van der Waals surface area contributed by atoms with Crippen molar-refractivity contribution in [1.29, 1.82) is 0 Å². The second kappa shape index (κ2) is 7.93. The van der Waals surface area contributed by atoms with Gasteiger partial charge in [0.15, 0.2) is 0 Å². The maximum atomic E-state index is 13.1. The lowest BCUT2D eigenvalue weighted by atomic mass is 9.46. The maximum Gasteiger partial charge on any atom is 0.243 e. The van der Waals surface area contributed by atoms with Gasteiger partial charge in [0.05, 0.1) is 17.7 Å². The SMILES string of the molecule is CN(CCOc1ccccc1Cl)C(=O)C1(N)C2CCCOC2C1(C)C.Cl. The first-order chi connectivity index (χ1) is 11.8. The van der Waals surface area contributed by atoms with E-state index in [0.29, 0.717) is 23.9 Å². The Morgan fingerprint density at radius 1 is 1.42 bits per heavy atom. The third-order valence-corrected chi connectivity index (χ3v) is 6.22. The molecule has 146 valence electrons. The molecule has 3 rings (SSSR count). The number of nitrogens with two attached hydrogens (primary N) is 1. The van der Waals surface area contributed by atoms with Crippen molar-refractivity contribution < 1.29 is 14.3 Å². The van der Waals surface area contributed by atoms with E-state index in [1.807, 2.05) is 32.0 Å². The van der Waals surface area contributed by atoms with Gasteiger partial charge in [0.2, 0.25) is 5.91 Å². The molecule has 1 saturated heterocycles. The number of halogens is 2. The monoisotopic (exact) mass is 402 g/mol. The number of hydrogen-bond acceptors (Lipinski definition) is 4. The van der Waals surface area contributed by atoms with Crippen LogP contribution in [0.5, 0.6) is 5.75 Å². The summed E-state index contributed by atoms with van der Waals surface area (Å²) in [5, 5.41) is 0.564. The largest absolute Gasteiger partial charge is 0.490 e. The Bertz CT molecular complexity index is 655. The molecule has 2 aliphatic rings. The van der Waals surface area contributed by atoms with Crippen LogP contribution in [0.2, 0.25) is 5.02 Å². The third kappa shape index (κ3) is 3.31. The Morgan fingerprint density at radius 3 is 2.81 bits per heavy atom. The minimum atomic E-state index is -0.878. The van der Waals surface area contributed by atoms with Crippen molar-refractivity contribution in [3.8, 4) is 5.75 Å². The molecule has 1 heterocycles. The summed E-state index contributed by atoms with van der Waals surface area (Å²) in [4.78, 5) is 14.8. The third-order valence-electron chi connectivity index (χ3n) is 5.91. The average Bonchev–Trinajstić information content (AvgIpc) is 2.61. The Balaban J connectivity index is 0.00000243. The van der Waals surface area contributed by atoms with Crippen molar-refractivity contribution in [3.05, 3.63) is 29.3 Å². The first-order valence-corrected chi connectivity index (χ1v) is 9.21. The second-order valence-corrected chi connectivity index (χ2v) is 8.04. The number of hydrogen-bond donors (Lipinski definition) is 1. The van der Waals surface area contributed by atoms with Crippen LogP contribution < -0.4 is 10.5 Å². The van der Waals surface area contributed by atoms with Crippen molar-refractivity contribution >= 4 is 29.9 Å². The standard InChI is InChI=1S/C19H27ClN2O3.ClH/c1-18(2)16-13(7-6-11-25-16)19(18,21)17(23)22(3)10-12-24-15-9-5-4-8-14(15)20;/h4-5,8-9,13,16H,6-7,10-12,21H2,1-3H3;1H. The summed E-state index contributed by atoms with van der Waals surface area (Å²) in [7, 11) is 1.78. The van der Waals surface area contributed by atoms with Crippen LogP contribution in [0, 0.1) is 11.3 Å². The minimum Gasteiger partial charge on any atom is -0.490 e. The van der Waals surface area contributed by atoms with Crippen molar-refractivity contribution in [3.63, 3.8) is 0 Å². The van der Waals surface area contributed by atoms with Crippen molar-refractivity contribution in [2.75, 3.05) is 26.8 Å². The molecule has 2 N–H and O–H groups in total. The van der Waals surface area contributed by atoms with Crippen LogP contribution in [0.15, 0.2) is 24.3 Å². The van der Waals surface area contributed by atoms with Crippen molar-refractivity contribution in [1.82, 2.24) is 4.90 Å².